The lowest BCUT2D eigenvalue weighted by molar-refractivity contribution is -0.144. The molecule has 6 nitrogen and oxygen atoms in total. The van der Waals surface area contributed by atoms with Crippen LogP contribution in [0.15, 0.2) is 41.1 Å². The summed E-state index contributed by atoms with van der Waals surface area (Å²) < 4.78 is 40.8. The number of carbonyl (C=O) groups excluding carboxylic acids is 1. The Bertz CT molecular complexity index is 998. The van der Waals surface area contributed by atoms with Gasteiger partial charge in [-0.15, -0.1) is 0 Å². The molecule has 0 spiro atoms. The van der Waals surface area contributed by atoms with Gasteiger partial charge in [0.25, 0.3) is 5.91 Å². The van der Waals surface area contributed by atoms with Gasteiger partial charge < -0.3 is 5.32 Å². The van der Waals surface area contributed by atoms with Crippen LogP contribution < -0.4 is 5.32 Å². The van der Waals surface area contributed by atoms with Gasteiger partial charge in [-0.3, -0.25) is 14.2 Å². The number of anilines is 1. The van der Waals surface area contributed by atoms with E-state index in [4.69, 9.17) is 11.6 Å². The second kappa shape index (κ2) is 7.35. The van der Waals surface area contributed by atoms with Gasteiger partial charge in [-0.25, -0.2) is 0 Å². The van der Waals surface area contributed by atoms with E-state index in [1.54, 1.807) is 29.1 Å². The largest absolute Gasteiger partial charge is 0.434 e. The number of carbonyl (C=O) groups is 1. The van der Waals surface area contributed by atoms with Crippen LogP contribution in [0.4, 0.5) is 18.9 Å². The molecule has 11 heteroatoms. The van der Waals surface area contributed by atoms with E-state index in [0.29, 0.717) is 21.9 Å². The van der Waals surface area contributed by atoms with Crippen LogP contribution in [0.25, 0.3) is 0 Å². The van der Waals surface area contributed by atoms with Crippen LogP contribution in [-0.2, 0) is 19.8 Å². The van der Waals surface area contributed by atoms with E-state index >= 15 is 0 Å². The lowest BCUT2D eigenvalue weighted by atomic mass is 10.2. The van der Waals surface area contributed by atoms with Gasteiger partial charge in [0.2, 0.25) is 0 Å². The summed E-state index contributed by atoms with van der Waals surface area (Å²) in [6.45, 7) is 0.419. The highest BCUT2D eigenvalue weighted by atomic mass is 79.9. The number of nitrogens with zero attached hydrogens (tertiary/aromatic N) is 4. The number of hydrogen-bond acceptors (Lipinski definition) is 3. The maximum absolute atomic E-state index is 13.0. The minimum Gasteiger partial charge on any atom is -0.318 e. The van der Waals surface area contributed by atoms with Crippen LogP contribution in [0.1, 0.15) is 21.7 Å². The standard InChI is InChI=1S/C16H12BrClF3N5O/c1-25-14(16(19,20)21)12(17)13(24-25)15(27)23-11-6-22-26(8-11)7-9-3-2-4-10(18)5-9/h2-6,8H,7H2,1H3,(H,23,27). The molecule has 3 aromatic rings. The zero-order valence-electron chi connectivity index (χ0n) is 13.8. The summed E-state index contributed by atoms with van der Waals surface area (Å²) in [4.78, 5) is 12.3. The Morgan fingerprint density at radius 2 is 2.11 bits per heavy atom. The van der Waals surface area contributed by atoms with Crippen molar-refractivity contribution in [3.8, 4) is 0 Å². The molecule has 1 amide bonds. The average molecular weight is 463 g/mol. The van der Waals surface area contributed by atoms with Crippen molar-refractivity contribution < 1.29 is 18.0 Å². The molecule has 2 heterocycles. The lowest BCUT2D eigenvalue weighted by Crippen LogP contribution is -2.13. The van der Waals surface area contributed by atoms with E-state index in [9.17, 15) is 18.0 Å². The monoisotopic (exact) mass is 461 g/mol. The Kier molecular flexibility index (Phi) is 5.29. The summed E-state index contributed by atoms with van der Waals surface area (Å²) in [7, 11) is 1.12. The fourth-order valence-corrected chi connectivity index (χ4v) is 3.43. The highest BCUT2D eigenvalue weighted by Gasteiger charge is 2.39. The number of amides is 1. The van der Waals surface area contributed by atoms with E-state index in [-0.39, 0.29) is 5.69 Å². The predicted molar refractivity (Wildman–Crippen MR) is 96.6 cm³/mol. The second-order valence-corrected chi connectivity index (χ2v) is 6.87. The van der Waals surface area contributed by atoms with Crippen molar-refractivity contribution in [2.24, 2.45) is 7.05 Å². The van der Waals surface area contributed by atoms with Crippen molar-refractivity contribution >= 4 is 39.1 Å². The first kappa shape index (κ1) is 19.4. The summed E-state index contributed by atoms with van der Waals surface area (Å²) in [5.41, 5.74) is -0.171. The molecular weight excluding hydrogens is 451 g/mol. The first-order chi connectivity index (χ1) is 12.6. The van der Waals surface area contributed by atoms with Gasteiger partial charge in [0, 0.05) is 18.3 Å². The molecule has 1 aromatic carbocycles. The molecule has 0 bridgehead atoms. The van der Waals surface area contributed by atoms with E-state index < -0.39 is 22.3 Å². The molecule has 0 unspecified atom stereocenters. The smallest absolute Gasteiger partial charge is 0.318 e. The van der Waals surface area contributed by atoms with Gasteiger partial charge in [0.05, 0.1) is 22.9 Å². The van der Waals surface area contributed by atoms with Crippen molar-refractivity contribution in [3.63, 3.8) is 0 Å². The molecule has 27 heavy (non-hydrogen) atoms. The summed E-state index contributed by atoms with van der Waals surface area (Å²) in [5.74, 6) is -0.782. The number of hydrogen-bond donors (Lipinski definition) is 1. The molecule has 0 aliphatic rings. The van der Waals surface area contributed by atoms with Crippen molar-refractivity contribution in [1.29, 1.82) is 0 Å². The number of benzene rings is 1. The first-order valence-corrected chi connectivity index (χ1v) is 8.70. The summed E-state index contributed by atoms with van der Waals surface area (Å²) in [6.07, 6.45) is -1.69. The van der Waals surface area contributed by atoms with Gasteiger partial charge in [-0.2, -0.15) is 23.4 Å². The van der Waals surface area contributed by atoms with Gasteiger partial charge >= 0.3 is 6.18 Å². The fraction of sp³-hybridized carbons (Fsp3) is 0.188. The van der Waals surface area contributed by atoms with Crippen LogP contribution >= 0.6 is 27.5 Å². The van der Waals surface area contributed by atoms with E-state index in [0.717, 1.165) is 12.6 Å². The zero-order valence-corrected chi connectivity index (χ0v) is 16.1. The van der Waals surface area contributed by atoms with Crippen LogP contribution in [0.5, 0.6) is 0 Å². The lowest BCUT2D eigenvalue weighted by Gasteiger charge is -2.06. The predicted octanol–water partition coefficient (Wildman–Crippen LogP) is 4.35. The molecule has 0 saturated heterocycles. The quantitative estimate of drug-likeness (QED) is 0.627. The highest BCUT2D eigenvalue weighted by molar-refractivity contribution is 9.10. The van der Waals surface area contributed by atoms with Crippen LogP contribution in [0, 0.1) is 0 Å². The Labute approximate surface area is 165 Å². The molecule has 3 rings (SSSR count). The van der Waals surface area contributed by atoms with Gasteiger partial charge in [-0.05, 0) is 33.6 Å². The molecule has 0 fully saturated rings. The van der Waals surface area contributed by atoms with Gasteiger partial charge in [-0.1, -0.05) is 23.7 Å². The maximum atomic E-state index is 13.0. The number of rotatable bonds is 4. The molecule has 1 N–H and O–H groups in total. The topological polar surface area (TPSA) is 64.7 Å². The minimum absolute atomic E-state index is 0.327. The van der Waals surface area contributed by atoms with Crippen molar-refractivity contribution in [2.75, 3.05) is 5.32 Å². The third-order valence-electron chi connectivity index (χ3n) is 3.60. The second-order valence-electron chi connectivity index (χ2n) is 5.64. The van der Waals surface area contributed by atoms with Crippen LogP contribution in [0.2, 0.25) is 5.02 Å². The number of alkyl halides is 3. The number of halogens is 5. The van der Waals surface area contributed by atoms with E-state index in [1.807, 2.05) is 6.07 Å². The molecule has 0 saturated carbocycles. The average Bonchev–Trinajstić information content (AvgIpc) is 3.10. The molecule has 0 atom stereocenters. The Morgan fingerprint density at radius 1 is 1.37 bits per heavy atom. The number of nitrogens with one attached hydrogen (secondary N) is 1. The highest BCUT2D eigenvalue weighted by Crippen LogP contribution is 2.36. The first-order valence-electron chi connectivity index (χ1n) is 7.53. The summed E-state index contributed by atoms with van der Waals surface area (Å²) in [6, 6.07) is 7.21. The SMILES string of the molecule is Cn1nc(C(=O)Nc2cnn(Cc3cccc(Cl)c3)c2)c(Br)c1C(F)(F)F. The zero-order chi connectivity index (χ0) is 19.8. The van der Waals surface area contributed by atoms with E-state index in [1.165, 1.54) is 6.20 Å². The van der Waals surface area contributed by atoms with Gasteiger partial charge in [0.1, 0.15) is 0 Å². The number of aryl methyl sites for hydroxylation is 1. The Hall–Kier alpha value is -2.33. The minimum atomic E-state index is -4.64. The van der Waals surface area contributed by atoms with Crippen molar-refractivity contribution in [1.82, 2.24) is 19.6 Å². The summed E-state index contributed by atoms with van der Waals surface area (Å²) >= 11 is 8.75. The van der Waals surface area contributed by atoms with Crippen LogP contribution in [0.3, 0.4) is 0 Å². The Balaban J connectivity index is 1.75. The van der Waals surface area contributed by atoms with E-state index in [2.05, 4.69) is 31.4 Å². The third-order valence-corrected chi connectivity index (χ3v) is 4.58. The molecule has 142 valence electrons. The fourth-order valence-electron chi connectivity index (χ4n) is 2.48. The summed E-state index contributed by atoms with van der Waals surface area (Å²) in [5, 5.41) is 10.8. The molecule has 2 aromatic heterocycles. The molecule has 0 radical (unpaired) electrons. The number of aromatic nitrogens is 4. The molecule has 0 aliphatic carbocycles. The van der Waals surface area contributed by atoms with Gasteiger partial charge in [0.15, 0.2) is 11.4 Å². The van der Waals surface area contributed by atoms with Crippen molar-refractivity contribution in [3.05, 3.63) is 63.1 Å². The Morgan fingerprint density at radius 3 is 2.74 bits per heavy atom. The van der Waals surface area contributed by atoms with Crippen LogP contribution in [-0.4, -0.2) is 25.5 Å². The normalized spacial score (nSPS) is 11.6. The van der Waals surface area contributed by atoms with Crippen molar-refractivity contribution in [2.45, 2.75) is 12.7 Å². The third kappa shape index (κ3) is 4.33. The molecular formula is C16H12BrClF3N5O. The maximum Gasteiger partial charge on any atom is 0.434 e. The molecule has 0 aliphatic heterocycles.